The molecule has 0 aliphatic heterocycles. The molecule has 3 rings (SSSR count). The van der Waals surface area contributed by atoms with Crippen LogP contribution >= 0.6 is 11.6 Å². The summed E-state index contributed by atoms with van der Waals surface area (Å²) in [5, 5.41) is 12.5. The van der Waals surface area contributed by atoms with Crippen LogP contribution in [0.25, 0.3) is 11.0 Å². The largest absolute Gasteiger partial charge is 0.478 e. The van der Waals surface area contributed by atoms with Gasteiger partial charge in [-0.1, -0.05) is 17.7 Å². The molecule has 0 saturated heterocycles. The van der Waals surface area contributed by atoms with E-state index in [1.807, 2.05) is 0 Å². The Kier molecular flexibility index (Phi) is 3.75. The van der Waals surface area contributed by atoms with Crippen molar-refractivity contribution in [3.63, 3.8) is 0 Å². The van der Waals surface area contributed by atoms with Gasteiger partial charge in [0.25, 0.3) is 5.91 Å². The van der Waals surface area contributed by atoms with Gasteiger partial charge in [0.1, 0.15) is 0 Å². The number of carbonyl (C=O) groups is 2. The summed E-state index contributed by atoms with van der Waals surface area (Å²) in [5.41, 5.74) is 1.81. The van der Waals surface area contributed by atoms with Crippen LogP contribution in [0.15, 0.2) is 42.7 Å². The van der Waals surface area contributed by atoms with Crippen LogP contribution in [0.3, 0.4) is 0 Å². The number of amides is 1. The summed E-state index contributed by atoms with van der Waals surface area (Å²) in [5.74, 6) is -1.46. The van der Waals surface area contributed by atoms with Crippen LogP contribution in [0.4, 0.5) is 5.69 Å². The zero-order valence-electron chi connectivity index (χ0n) is 12.1. The van der Waals surface area contributed by atoms with Gasteiger partial charge in [0, 0.05) is 23.3 Å². The number of hydrogen-bond acceptors (Lipinski definition) is 3. The number of benzene rings is 2. The lowest BCUT2D eigenvalue weighted by Crippen LogP contribution is -2.12. The third kappa shape index (κ3) is 2.89. The number of anilines is 1. The van der Waals surface area contributed by atoms with Crippen LogP contribution in [0.1, 0.15) is 20.7 Å². The first-order valence-corrected chi connectivity index (χ1v) is 7.09. The fraction of sp³-hybridized carbons (Fsp3) is 0.0625. The zero-order chi connectivity index (χ0) is 16.6. The molecule has 1 aromatic heterocycles. The minimum Gasteiger partial charge on any atom is -0.478 e. The van der Waals surface area contributed by atoms with Gasteiger partial charge in [0.15, 0.2) is 0 Å². The molecule has 1 heterocycles. The molecule has 2 aromatic carbocycles. The van der Waals surface area contributed by atoms with Crippen LogP contribution in [-0.2, 0) is 7.05 Å². The van der Waals surface area contributed by atoms with Crippen molar-refractivity contribution in [2.75, 3.05) is 5.32 Å². The topological polar surface area (TPSA) is 84.2 Å². The highest BCUT2D eigenvalue weighted by atomic mass is 35.5. The predicted molar refractivity (Wildman–Crippen MR) is 87.1 cm³/mol. The summed E-state index contributed by atoms with van der Waals surface area (Å²) in [6.07, 6.45) is 1.53. The number of hydrogen-bond donors (Lipinski definition) is 2. The van der Waals surface area contributed by atoms with Gasteiger partial charge in [-0.05, 0) is 30.3 Å². The highest BCUT2D eigenvalue weighted by Crippen LogP contribution is 2.23. The molecule has 0 fully saturated rings. The second-order valence-electron chi connectivity index (χ2n) is 5.02. The zero-order valence-corrected chi connectivity index (χ0v) is 12.8. The number of aryl methyl sites for hydroxylation is 1. The first-order chi connectivity index (χ1) is 11.0. The van der Waals surface area contributed by atoms with E-state index in [0.29, 0.717) is 27.3 Å². The monoisotopic (exact) mass is 329 g/mol. The molecule has 0 unspecified atom stereocenters. The average Bonchev–Trinajstić information content (AvgIpc) is 2.87. The Bertz CT molecular complexity index is 933. The lowest BCUT2D eigenvalue weighted by molar-refractivity contribution is 0.0698. The normalized spacial score (nSPS) is 10.7. The minimum atomic E-state index is -1.09. The summed E-state index contributed by atoms with van der Waals surface area (Å²) in [6, 6.07) is 9.54. The highest BCUT2D eigenvalue weighted by molar-refractivity contribution is 6.31. The summed E-state index contributed by atoms with van der Waals surface area (Å²) in [7, 11) is 1.71. The van der Waals surface area contributed by atoms with Crippen molar-refractivity contribution in [2.24, 2.45) is 7.05 Å². The summed E-state index contributed by atoms with van der Waals surface area (Å²) < 4.78 is 1.63. The molecule has 23 heavy (non-hydrogen) atoms. The molecule has 116 valence electrons. The van der Waals surface area contributed by atoms with Crippen molar-refractivity contribution in [3.05, 3.63) is 58.9 Å². The average molecular weight is 330 g/mol. The second-order valence-corrected chi connectivity index (χ2v) is 5.45. The molecule has 0 radical (unpaired) electrons. The van der Waals surface area contributed by atoms with Gasteiger partial charge in [-0.2, -0.15) is 0 Å². The van der Waals surface area contributed by atoms with Crippen molar-refractivity contribution >= 4 is 40.2 Å². The molecule has 1 amide bonds. The van der Waals surface area contributed by atoms with E-state index in [9.17, 15) is 14.7 Å². The number of fused-ring (bicyclic) bond motifs is 1. The van der Waals surface area contributed by atoms with Crippen molar-refractivity contribution < 1.29 is 14.7 Å². The number of carboxylic acids is 1. The minimum absolute atomic E-state index is 0.0731. The first-order valence-electron chi connectivity index (χ1n) is 6.71. The quantitative estimate of drug-likeness (QED) is 0.773. The SMILES string of the molecule is Cn1cnc2cc(NC(=O)c3cccc(Cl)c3)cc(C(=O)O)c21. The Balaban J connectivity index is 2.00. The molecule has 2 N–H and O–H groups in total. The Morgan fingerprint density at radius 1 is 1.26 bits per heavy atom. The molecule has 6 nitrogen and oxygen atoms in total. The Labute approximate surface area is 136 Å². The van der Waals surface area contributed by atoms with Gasteiger partial charge in [0.2, 0.25) is 0 Å². The molecule has 0 aliphatic rings. The first kappa shape index (κ1) is 15.1. The molecule has 0 aliphatic carbocycles. The van der Waals surface area contributed by atoms with E-state index in [1.54, 1.807) is 35.9 Å². The predicted octanol–water partition coefficient (Wildman–Crippen LogP) is 3.18. The summed E-state index contributed by atoms with van der Waals surface area (Å²) in [4.78, 5) is 27.8. The number of nitrogens with one attached hydrogen (secondary N) is 1. The third-order valence-corrected chi connectivity index (χ3v) is 3.62. The number of aromatic nitrogens is 2. The number of nitrogens with zero attached hydrogens (tertiary/aromatic N) is 2. The molecule has 0 spiro atoms. The second kappa shape index (κ2) is 5.73. The molecular weight excluding hydrogens is 318 g/mol. The fourth-order valence-electron chi connectivity index (χ4n) is 2.36. The number of rotatable bonds is 3. The van der Waals surface area contributed by atoms with E-state index in [2.05, 4.69) is 10.3 Å². The van der Waals surface area contributed by atoms with Crippen molar-refractivity contribution in [3.8, 4) is 0 Å². The lowest BCUT2D eigenvalue weighted by Gasteiger charge is -2.08. The lowest BCUT2D eigenvalue weighted by atomic mass is 10.1. The van der Waals surface area contributed by atoms with E-state index in [1.165, 1.54) is 18.5 Å². The number of imidazole rings is 1. The highest BCUT2D eigenvalue weighted by Gasteiger charge is 2.16. The fourth-order valence-corrected chi connectivity index (χ4v) is 2.55. The molecule has 7 heteroatoms. The molecule has 0 atom stereocenters. The molecule has 0 saturated carbocycles. The van der Waals surface area contributed by atoms with Crippen LogP contribution in [0.2, 0.25) is 5.02 Å². The van der Waals surface area contributed by atoms with Gasteiger partial charge in [0.05, 0.1) is 22.9 Å². The van der Waals surface area contributed by atoms with Gasteiger partial charge in [-0.25, -0.2) is 9.78 Å². The van der Waals surface area contributed by atoms with Crippen molar-refractivity contribution in [1.29, 1.82) is 0 Å². The van der Waals surface area contributed by atoms with E-state index >= 15 is 0 Å². The van der Waals surface area contributed by atoms with E-state index in [0.717, 1.165) is 0 Å². The molecular formula is C16H12ClN3O3. The number of halogens is 1. The molecule has 0 bridgehead atoms. The van der Waals surface area contributed by atoms with Crippen molar-refractivity contribution in [1.82, 2.24) is 9.55 Å². The van der Waals surface area contributed by atoms with Crippen molar-refractivity contribution in [2.45, 2.75) is 0 Å². The summed E-state index contributed by atoms with van der Waals surface area (Å²) in [6.45, 7) is 0. The van der Waals surface area contributed by atoms with Gasteiger partial charge in [-0.15, -0.1) is 0 Å². The maximum atomic E-state index is 12.2. The van der Waals surface area contributed by atoms with Gasteiger partial charge < -0.3 is 15.0 Å². The summed E-state index contributed by atoms with van der Waals surface area (Å²) >= 11 is 5.87. The van der Waals surface area contributed by atoms with Gasteiger partial charge >= 0.3 is 5.97 Å². The third-order valence-electron chi connectivity index (χ3n) is 3.39. The van der Waals surface area contributed by atoms with E-state index in [4.69, 9.17) is 11.6 Å². The van der Waals surface area contributed by atoms with E-state index < -0.39 is 5.97 Å². The maximum Gasteiger partial charge on any atom is 0.337 e. The van der Waals surface area contributed by atoms with Crippen LogP contribution in [0.5, 0.6) is 0 Å². The Morgan fingerprint density at radius 2 is 2.04 bits per heavy atom. The standard InChI is InChI=1S/C16H12ClN3O3/c1-20-8-18-13-7-11(6-12(14(13)20)16(22)23)19-15(21)9-3-2-4-10(17)5-9/h2-8H,1H3,(H,19,21)(H,22,23). The van der Waals surface area contributed by atoms with Crippen LogP contribution in [0, 0.1) is 0 Å². The number of carboxylic acid groups (broad SMARTS) is 1. The van der Waals surface area contributed by atoms with Gasteiger partial charge in [-0.3, -0.25) is 4.79 Å². The smallest absolute Gasteiger partial charge is 0.337 e. The number of carbonyl (C=O) groups excluding carboxylic acids is 1. The van der Waals surface area contributed by atoms with Crippen LogP contribution in [-0.4, -0.2) is 26.5 Å². The Hall–Kier alpha value is -2.86. The van der Waals surface area contributed by atoms with Crippen LogP contribution < -0.4 is 5.32 Å². The number of aromatic carboxylic acids is 1. The molecule has 3 aromatic rings. The Morgan fingerprint density at radius 3 is 2.74 bits per heavy atom. The van der Waals surface area contributed by atoms with E-state index in [-0.39, 0.29) is 11.5 Å². The maximum absolute atomic E-state index is 12.2.